The van der Waals surface area contributed by atoms with Crippen LogP contribution >= 0.6 is 11.6 Å². The topological polar surface area (TPSA) is 95.9 Å². The second-order valence-corrected chi connectivity index (χ2v) is 14.3. The third-order valence-corrected chi connectivity index (χ3v) is 11.2. The SMILES string of the molecule is C[C@@H]1C/C=C\[C@@H](O)[C@@H]2CC[C@H]2CN2C[C@@]3(CCCc4cc(Cl)ccc43)COc3ccc(cc32)C(=O)NS1(=O)=O. The molecule has 7 nitrogen and oxygen atoms in total. The molecule has 1 spiro atoms. The highest BCUT2D eigenvalue weighted by atomic mass is 35.5. The zero-order valence-corrected chi connectivity index (χ0v) is 23.7. The van der Waals surface area contributed by atoms with E-state index in [1.165, 1.54) is 11.1 Å². The highest BCUT2D eigenvalue weighted by molar-refractivity contribution is 7.90. The Bertz CT molecular complexity index is 1430. The van der Waals surface area contributed by atoms with E-state index in [9.17, 15) is 18.3 Å². The molecule has 1 saturated carbocycles. The number of aryl methyl sites for hydroxylation is 1. The van der Waals surface area contributed by atoms with Gasteiger partial charge in [-0.2, -0.15) is 0 Å². The summed E-state index contributed by atoms with van der Waals surface area (Å²) >= 11 is 6.36. The second-order valence-electron chi connectivity index (χ2n) is 11.7. The van der Waals surface area contributed by atoms with Gasteiger partial charge in [0.15, 0.2) is 0 Å². The quantitative estimate of drug-likeness (QED) is 0.449. The number of ether oxygens (including phenoxy) is 1. The van der Waals surface area contributed by atoms with Gasteiger partial charge in [0, 0.05) is 29.1 Å². The van der Waals surface area contributed by atoms with Gasteiger partial charge < -0.3 is 14.7 Å². The molecule has 4 aliphatic rings. The molecular weight excluding hydrogens is 536 g/mol. The van der Waals surface area contributed by atoms with Crippen molar-refractivity contribution in [2.75, 3.05) is 24.6 Å². The van der Waals surface area contributed by atoms with E-state index in [1.807, 2.05) is 6.07 Å². The molecule has 2 heterocycles. The molecule has 39 heavy (non-hydrogen) atoms. The van der Waals surface area contributed by atoms with Gasteiger partial charge in [0.05, 0.1) is 23.6 Å². The first-order valence-corrected chi connectivity index (χ1v) is 15.8. The predicted molar refractivity (Wildman–Crippen MR) is 152 cm³/mol. The Morgan fingerprint density at radius 3 is 2.82 bits per heavy atom. The van der Waals surface area contributed by atoms with Crippen LogP contribution in [0.15, 0.2) is 48.6 Å². The number of sulfonamides is 1. The van der Waals surface area contributed by atoms with Crippen LogP contribution in [0, 0.1) is 11.8 Å². The van der Waals surface area contributed by atoms with Gasteiger partial charge in [-0.15, -0.1) is 0 Å². The molecule has 0 unspecified atom stereocenters. The number of hydrogen-bond acceptors (Lipinski definition) is 6. The van der Waals surface area contributed by atoms with E-state index in [0.29, 0.717) is 18.9 Å². The molecule has 5 atom stereocenters. The number of aliphatic hydroxyl groups is 1. The predicted octanol–water partition coefficient (Wildman–Crippen LogP) is 4.61. The molecule has 1 amide bonds. The fourth-order valence-corrected chi connectivity index (χ4v) is 7.91. The van der Waals surface area contributed by atoms with Gasteiger partial charge in [-0.05, 0) is 98.7 Å². The minimum atomic E-state index is -3.90. The summed E-state index contributed by atoms with van der Waals surface area (Å²) in [6.07, 6.45) is 7.93. The lowest BCUT2D eigenvalue weighted by Gasteiger charge is -2.45. The number of anilines is 1. The second kappa shape index (κ2) is 10.1. The molecule has 208 valence electrons. The van der Waals surface area contributed by atoms with Gasteiger partial charge in [-0.25, -0.2) is 13.1 Å². The molecule has 0 aromatic heterocycles. The van der Waals surface area contributed by atoms with Gasteiger partial charge in [-0.1, -0.05) is 29.8 Å². The van der Waals surface area contributed by atoms with Crippen molar-refractivity contribution in [3.05, 3.63) is 70.3 Å². The van der Waals surface area contributed by atoms with Crippen molar-refractivity contribution in [2.45, 2.75) is 62.2 Å². The molecule has 6 rings (SSSR count). The number of carbonyl (C=O) groups is 1. The third-order valence-electron chi connectivity index (χ3n) is 9.24. The molecule has 2 aromatic rings. The smallest absolute Gasteiger partial charge is 0.264 e. The van der Waals surface area contributed by atoms with Crippen molar-refractivity contribution < 1.29 is 23.1 Å². The molecule has 2 aromatic carbocycles. The minimum Gasteiger partial charge on any atom is -0.490 e. The Morgan fingerprint density at radius 1 is 1.18 bits per heavy atom. The van der Waals surface area contributed by atoms with E-state index < -0.39 is 27.3 Å². The van der Waals surface area contributed by atoms with Crippen molar-refractivity contribution in [2.24, 2.45) is 11.8 Å². The Hall–Kier alpha value is -2.55. The van der Waals surface area contributed by atoms with Crippen molar-refractivity contribution in [3.8, 4) is 5.75 Å². The van der Waals surface area contributed by atoms with E-state index in [1.54, 1.807) is 37.3 Å². The standard InChI is InChI=1S/C30H35ClN2O5S/c1-19-4-2-6-27(34)24-10-7-22(24)16-33-17-30(13-3-5-20-14-23(31)9-11-25(20)30)18-38-28-12-8-21(15-26(28)33)29(35)32-39(19,36)37/h2,6,8-9,11-12,14-15,19,22,24,27,34H,3-5,7,10,13,16-18H2,1H3,(H,32,35)/b6-2-/t19-,22+,24-,27-,30+/m1/s1. The molecule has 2 aliphatic heterocycles. The van der Waals surface area contributed by atoms with E-state index in [4.69, 9.17) is 16.3 Å². The lowest BCUT2D eigenvalue weighted by molar-refractivity contribution is 0.0456. The maximum Gasteiger partial charge on any atom is 0.264 e. The Labute approximate surface area is 235 Å². The fraction of sp³-hybridized carbons (Fsp3) is 0.500. The molecule has 0 radical (unpaired) electrons. The van der Waals surface area contributed by atoms with Crippen LogP contribution in [-0.2, 0) is 21.9 Å². The number of amides is 1. The summed E-state index contributed by atoms with van der Waals surface area (Å²) in [6, 6.07) is 11.3. The molecule has 2 bridgehead atoms. The van der Waals surface area contributed by atoms with Crippen LogP contribution in [0.2, 0.25) is 5.02 Å². The number of halogens is 1. The van der Waals surface area contributed by atoms with Crippen molar-refractivity contribution in [1.29, 1.82) is 0 Å². The van der Waals surface area contributed by atoms with Crippen LogP contribution in [0.3, 0.4) is 0 Å². The van der Waals surface area contributed by atoms with Crippen LogP contribution in [-0.4, -0.2) is 50.5 Å². The highest BCUT2D eigenvalue weighted by Crippen LogP contribution is 2.46. The maximum absolute atomic E-state index is 13.1. The summed E-state index contributed by atoms with van der Waals surface area (Å²) in [5.74, 6) is 0.398. The van der Waals surface area contributed by atoms with E-state index in [0.717, 1.165) is 49.4 Å². The zero-order valence-electron chi connectivity index (χ0n) is 22.1. The van der Waals surface area contributed by atoms with Crippen LogP contribution < -0.4 is 14.4 Å². The molecule has 2 N–H and O–H groups in total. The molecule has 1 fully saturated rings. The van der Waals surface area contributed by atoms with Crippen LogP contribution in [0.25, 0.3) is 0 Å². The van der Waals surface area contributed by atoms with Crippen LogP contribution in [0.5, 0.6) is 5.75 Å². The number of nitrogens with zero attached hydrogens (tertiary/aromatic N) is 1. The normalized spacial score (nSPS) is 32.7. The van der Waals surface area contributed by atoms with Gasteiger partial charge in [-0.3, -0.25) is 4.79 Å². The summed E-state index contributed by atoms with van der Waals surface area (Å²) in [5, 5.41) is 10.9. The van der Waals surface area contributed by atoms with Crippen molar-refractivity contribution >= 4 is 33.2 Å². The summed E-state index contributed by atoms with van der Waals surface area (Å²) in [6.45, 7) is 3.49. The van der Waals surface area contributed by atoms with Crippen LogP contribution in [0.4, 0.5) is 5.69 Å². The number of rotatable bonds is 0. The number of aliphatic hydroxyl groups excluding tert-OH is 1. The summed E-state index contributed by atoms with van der Waals surface area (Å²) in [5.41, 5.74) is 3.33. The van der Waals surface area contributed by atoms with Gasteiger partial charge >= 0.3 is 0 Å². The molecular formula is C30H35ClN2O5S. The van der Waals surface area contributed by atoms with Gasteiger partial charge in [0.25, 0.3) is 5.91 Å². The third kappa shape index (κ3) is 4.96. The number of benzene rings is 2. The summed E-state index contributed by atoms with van der Waals surface area (Å²) in [4.78, 5) is 15.4. The molecule has 2 aliphatic carbocycles. The van der Waals surface area contributed by atoms with Crippen molar-refractivity contribution in [1.82, 2.24) is 4.72 Å². The van der Waals surface area contributed by atoms with E-state index in [2.05, 4.69) is 21.8 Å². The number of allylic oxidation sites excluding steroid dienone is 1. The molecule has 0 saturated heterocycles. The fourth-order valence-electron chi connectivity index (χ4n) is 6.78. The zero-order chi connectivity index (χ0) is 27.4. The minimum absolute atomic E-state index is 0.0993. The lowest BCUT2D eigenvalue weighted by atomic mass is 9.68. The van der Waals surface area contributed by atoms with E-state index >= 15 is 0 Å². The first-order chi connectivity index (χ1) is 18.6. The number of fused-ring (bicyclic) bond motifs is 4. The largest absolute Gasteiger partial charge is 0.490 e. The summed E-state index contributed by atoms with van der Waals surface area (Å²) in [7, 11) is -3.90. The Balaban J connectivity index is 1.43. The number of nitrogens with one attached hydrogen (secondary N) is 1. The Kier molecular flexibility index (Phi) is 6.92. The lowest BCUT2D eigenvalue weighted by Crippen LogP contribution is -2.49. The van der Waals surface area contributed by atoms with Crippen LogP contribution in [0.1, 0.15) is 60.5 Å². The first kappa shape index (κ1) is 26.7. The Morgan fingerprint density at radius 2 is 2.03 bits per heavy atom. The first-order valence-electron chi connectivity index (χ1n) is 13.9. The monoisotopic (exact) mass is 570 g/mol. The highest BCUT2D eigenvalue weighted by Gasteiger charge is 2.44. The number of carbonyl (C=O) groups excluding carboxylic acids is 1. The average molecular weight is 571 g/mol. The molecule has 9 heteroatoms. The number of hydrogen-bond donors (Lipinski definition) is 2. The van der Waals surface area contributed by atoms with Gasteiger partial charge in [0.2, 0.25) is 10.0 Å². The van der Waals surface area contributed by atoms with Gasteiger partial charge in [0.1, 0.15) is 5.75 Å². The van der Waals surface area contributed by atoms with E-state index in [-0.39, 0.29) is 29.2 Å². The average Bonchev–Trinajstić information content (AvgIpc) is 3.02. The van der Waals surface area contributed by atoms with Crippen molar-refractivity contribution in [3.63, 3.8) is 0 Å². The summed E-state index contributed by atoms with van der Waals surface area (Å²) < 4.78 is 34.5. The maximum atomic E-state index is 13.1.